The molecule has 128 valence electrons. The minimum atomic E-state index is -0.566. The number of carbonyl (C=O) groups is 1. The molecule has 0 saturated heterocycles. The van der Waals surface area contributed by atoms with Gasteiger partial charge < -0.3 is 10.5 Å². The molecule has 0 radical (unpaired) electrons. The molecule has 2 aromatic heterocycles. The van der Waals surface area contributed by atoms with Gasteiger partial charge in [-0.25, -0.2) is 19.6 Å². The standard InChI is InChI=1S/C14H19N7O3/c1-2-24-12(22)10-7-16-13(15)17-11(10)8-20-14(23)21(19-18-20)9-5-3-4-6-9/h7,9H,2-6,8H2,1H3,(H2,15,16,17). The van der Waals surface area contributed by atoms with Gasteiger partial charge in [-0.15, -0.1) is 0 Å². The molecule has 0 aliphatic heterocycles. The maximum absolute atomic E-state index is 12.5. The van der Waals surface area contributed by atoms with Gasteiger partial charge >= 0.3 is 11.7 Å². The molecule has 10 nitrogen and oxygen atoms in total. The van der Waals surface area contributed by atoms with Gasteiger partial charge in [0.2, 0.25) is 5.95 Å². The summed E-state index contributed by atoms with van der Waals surface area (Å²) in [6.45, 7) is 1.90. The fourth-order valence-corrected chi connectivity index (χ4v) is 2.84. The number of hydrogen-bond acceptors (Lipinski definition) is 8. The van der Waals surface area contributed by atoms with Crippen molar-refractivity contribution in [3.8, 4) is 0 Å². The first kappa shape index (κ1) is 16.1. The smallest absolute Gasteiger partial charge is 0.364 e. The van der Waals surface area contributed by atoms with Crippen LogP contribution >= 0.6 is 0 Å². The van der Waals surface area contributed by atoms with Crippen LogP contribution in [-0.2, 0) is 11.3 Å². The average molecular weight is 333 g/mol. The summed E-state index contributed by atoms with van der Waals surface area (Å²) in [5.74, 6) is -0.557. The molecule has 0 spiro atoms. The fourth-order valence-electron chi connectivity index (χ4n) is 2.84. The molecule has 1 saturated carbocycles. The summed E-state index contributed by atoms with van der Waals surface area (Å²) in [7, 11) is 0. The molecule has 24 heavy (non-hydrogen) atoms. The number of rotatable bonds is 5. The summed E-state index contributed by atoms with van der Waals surface area (Å²) in [6.07, 6.45) is 5.31. The number of tetrazole rings is 1. The Labute approximate surface area is 137 Å². The van der Waals surface area contributed by atoms with Gasteiger partial charge in [0.25, 0.3) is 0 Å². The number of nitrogens with two attached hydrogens (primary N) is 1. The van der Waals surface area contributed by atoms with Crippen molar-refractivity contribution in [1.29, 1.82) is 0 Å². The highest BCUT2D eigenvalue weighted by Crippen LogP contribution is 2.27. The van der Waals surface area contributed by atoms with E-state index in [-0.39, 0.29) is 42.1 Å². The Bertz CT molecular complexity index is 792. The highest BCUT2D eigenvalue weighted by Gasteiger charge is 2.23. The molecule has 2 N–H and O–H groups in total. The van der Waals surface area contributed by atoms with Crippen molar-refractivity contribution in [3.05, 3.63) is 27.9 Å². The summed E-state index contributed by atoms with van der Waals surface area (Å²) in [4.78, 5) is 32.3. The maximum Gasteiger partial charge on any atom is 0.364 e. The molecular formula is C14H19N7O3. The Morgan fingerprint density at radius 2 is 2.12 bits per heavy atom. The van der Waals surface area contributed by atoms with Crippen LogP contribution in [0.1, 0.15) is 54.7 Å². The van der Waals surface area contributed by atoms with Crippen molar-refractivity contribution in [2.75, 3.05) is 12.3 Å². The number of ether oxygens (including phenoxy) is 1. The van der Waals surface area contributed by atoms with E-state index in [1.807, 2.05) is 0 Å². The van der Waals surface area contributed by atoms with Crippen molar-refractivity contribution in [1.82, 2.24) is 29.8 Å². The summed E-state index contributed by atoms with van der Waals surface area (Å²) >= 11 is 0. The number of anilines is 1. The molecule has 2 aromatic rings. The number of nitrogens with zero attached hydrogens (tertiary/aromatic N) is 6. The van der Waals surface area contributed by atoms with Crippen LogP contribution in [0, 0.1) is 0 Å². The van der Waals surface area contributed by atoms with E-state index < -0.39 is 5.97 Å². The molecule has 1 aliphatic rings. The SMILES string of the molecule is CCOC(=O)c1cnc(N)nc1Cn1nnn(C2CCCC2)c1=O. The first-order valence-corrected chi connectivity index (χ1v) is 7.91. The number of hydrogen-bond donors (Lipinski definition) is 1. The molecule has 3 rings (SSSR count). The molecule has 1 aliphatic carbocycles. The third kappa shape index (κ3) is 3.12. The monoisotopic (exact) mass is 333 g/mol. The second-order valence-corrected chi connectivity index (χ2v) is 5.61. The van der Waals surface area contributed by atoms with Gasteiger partial charge in [-0.1, -0.05) is 12.8 Å². The van der Waals surface area contributed by atoms with Crippen LogP contribution < -0.4 is 11.4 Å². The summed E-state index contributed by atoms with van der Waals surface area (Å²) in [5.41, 5.74) is 5.71. The lowest BCUT2D eigenvalue weighted by atomic mass is 10.2. The van der Waals surface area contributed by atoms with E-state index in [1.54, 1.807) is 6.92 Å². The van der Waals surface area contributed by atoms with Gasteiger partial charge in [0, 0.05) is 6.20 Å². The van der Waals surface area contributed by atoms with E-state index in [4.69, 9.17) is 10.5 Å². The predicted molar refractivity (Wildman–Crippen MR) is 83.3 cm³/mol. The lowest BCUT2D eigenvalue weighted by molar-refractivity contribution is 0.0523. The summed E-state index contributed by atoms with van der Waals surface area (Å²) in [6, 6.07) is 0.0891. The zero-order chi connectivity index (χ0) is 17.1. The van der Waals surface area contributed by atoms with E-state index >= 15 is 0 Å². The molecule has 1 fully saturated rings. The Balaban J connectivity index is 1.90. The van der Waals surface area contributed by atoms with E-state index in [1.165, 1.54) is 15.6 Å². The molecule has 0 atom stereocenters. The Morgan fingerprint density at radius 1 is 1.38 bits per heavy atom. The van der Waals surface area contributed by atoms with Crippen molar-refractivity contribution in [2.24, 2.45) is 0 Å². The molecule has 0 bridgehead atoms. The van der Waals surface area contributed by atoms with Gasteiger partial charge in [-0.05, 0) is 30.2 Å². The number of aromatic nitrogens is 6. The minimum absolute atomic E-state index is 0.00859. The molecular weight excluding hydrogens is 314 g/mol. The zero-order valence-corrected chi connectivity index (χ0v) is 13.4. The maximum atomic E-state index is 12.5. The van der Waals surface area contributed by atoms with Gasteiger partial charge in [-0.2, -0.15) is 9.36 Å². The van der Waals surface area contributed by atoms with Crippen LogP contribution in [0.25, 0.3) is 0 Å². The highest BCUT2D eigenvalue weighted by atomic mass is 16.5. The first-order valence-electron chi connectivity index (χ1n) is 7.91. The van der Waals surface area contributed by atoms with E-state index in [0.29, 0.717) is 0 Å². The summed E-state index contributed by atoms with van der Waals surface area (Å²) < 4.78 is 7.55. The molecule has 0 amide bonds. The van der Waals surface area contributed by atoms with Crippen LogP contribution in [0.15, 0.2) is 11.0 Å². The Hall–Kier alpha value is -2.78. The molecule has 2 heterocycles. The average Bonchev–Trinajstić information content (AvgIpc) is 3.18. The second-order valence-electron chi connectivity index (χ2n) is 5.61. The van der Waals surface area contributed by atoms with E-state index in [9.17, 15) is 9.59 Å². The highest BCUT2D eigenvalue weighted by molar-refractivity contribution is 5.90. The second kappa shape index (κ2) is 6.77. The van der Waals surface area contributed by atoms with Crippen molar-refractivity contribution in [3.63, 3.8) is 0 Å². The van der Waals surface area contributed by atoms with E-state index in [0.717, 1.165) is 25.7 Å². The zero-order valence-electron chi connectivity index (χ0n) is 13.4. The van der Waals surface area contributed by atoms with Gasteiger partial charge in [0.1, 0.15) is 5.56 Å². The van der Waals surface area contributed by atoms with Gasteiger partial charge in [0.15, 0.2) is 0 Å². The summed E-state index contributed by atoms with van der Waals surface area (Å²) in [5, 5.41) is 7.85. The van der Waals surface area contributed by atoms with Gasteiger partial charge in [0.05, 0.1) is 24.9 Å². The predicted octanol–water partition coefficient (Wildman–Crippen LogP) is 0.152. The topological polar surface area (TPSA) is 131 Å². The van der Waals surface area contributed by atoms with Crippen LogP contribution in [0.2, 0.25) is 0 Å². The number of esters is 1. The van der Waals surface area contributed by atoms with Gasteiger partial charge in [-0.3, -0.25) is 0 Å². The third-order valence-corrected chi connectivity index (χ3v) is 4.01. The molecule has 0 unspecified atom stereocenters. The van der Waals surface area contributed by atoms with Crippen molar-refractivity contribution in [2.45, 2.75) is 45.2 Å². The largest absolute Gasteiger partial charge is 0.462 e. The lowest BCUT2D eigenvalue weighted by Crippen LogP contribution is -2.29. The number of nitrogen functional groups attached to an aromatic ring is 1. The van der Waals surface area contributed by atoms with Crippen LogP contribution in [0.3, 0.4) is 0 Å². The minimum Gasteiger partial charge on any atom is -0.462 e. The first-order chi connectivity index (χ1) is 11.6. The Kier molecular flexibility index (Phi) is 4.54. The molecule has 0 aromatic carbocycles. The quantitative estimate of drug-likeness (QED) is 0.765. The number of carbonyl (C=O) groups excluding carboxylic acids is 1. The fraction of sp³-hybridized carbons (Fsp3) is 0.571. The van der Waals surface area contributed by atoms with Crippen LogP contribution in [-0.4, -0.2) is 42.3 Å². The van der Waals surface area contributed by atoms with Crippen molar-refractivity contribution < 1.29 is 9.53 Å². The normalized spacial score (nSPS) is 14.9. The lowest BCUT2D eigenvalue weighted by Gasteiger charge is -2.08. The molecule has 10 heteroatoms. The van der Waals surface area contributed by atoms with E-state index in [2.05, 4.69) is 20.4 Å². The van der Waals surface area contributed by atoms with Crippen LogP contribution in [0.4, 0.5) is 5.95 Å². The van der Waals surface area contributed by atoms with Crippen molar-refractivity contribution >= 4 is 11.9 Å². The third-order valence-electron chi connectivity index (χ3n) is 4.01. The Morgan fingerprint density at radius 3 is 2.83 bits per heavy atom. The van der Waals surface area contributed by atoms with Crippen LogP contribution in [0.5, 0.6) is 0 Å².